The first-order valence-electron chi connectivity index (χ1n) is 7.14. The quantitative estimate of drug-likeness (QED) is 0.766. The third-order valence-corrected chi connectivity index (χ3v) is 3.63. The van der Waals surface area contributed by atoms with Crippen molar-refractivity contribution in [3.05, 3.63) is 58.6 Å². The smallest absolute Gasteiger partial charge is 0.260 e. The highest BCUT2D eigenvalue weighted by Gasteiger charge is 2.15. The summed E-state index contributed by atoms with van der Waals surface area (Å²) in [6.45, 7) is 2.32. The van der Waals surface area contributed by atoms with Gasteiger partial charge in [-0.15, -0.1) is 0 Å². The van der Waals surface area contributed by atoms with E-state index in [9.17, 15) is 4.79 Å². The van der Waals surface area contributed by atoms with Gasteiger partial charge in [0.2, 0.25) is 0 Å². The lowest BCUT2D eigenvalue weighted by Crippen LogP contribution is -2.38. The standard InChI is InChI=1S/C17H17Cl2NO3/c1-12(23-16-9-5-3-7-14(16)19)17(21)20-10-11-22-15-8-4-2-6-13(15)18/h2-9,12H,10-11H2,1H3,(H,20,21)/t12-/m0/s1. The number of halogens is 2. The first kappa shape index (κ1) is 17.4. The molecule has 2 aromatic rings. The van der Waals surface area contributed by atoms with Gasteiger partial charge >= 0.3 is 0 Å². The van der Waals surface area contributed by atoms with Crippen molar-refractivity contribution in [1.82, 2.24) is 5.32 Å². The van der Waals surface area contributed by atoms with Crippen LogP contribution in [0.2, 0.25) is 10.0 Å². The minimum Gasteiger partial charge on any atom is -0.490 e. The van der Waals surface area contributed by atoms with Gasteiger partial charge in [0.25, 0.3) is 5.91 Å². The highest BCUT2D eigenvalue weighted by molar-refractivity contribution is 6.32. The third-order valence-electron chi connectivity index (χ3n) is 3.01. The molecule has 0 bridgehead atoms. The summed E-state index contributed by atoms with van der Waals surface area (Å²) >= 11 is 12.0. The Morgan fingerprint density at radius 1 is 1.04 bits per heavy atom. The van der Waals surface area contributed by atoms with Gasteiger partial charge in [0, 0.05) is 0 Å². The van der Waals surface area contributed by atoms with Gasteiger partial charge in [-0.25, -0.2) is 0 Å². The molecule has 4 nitrogen and oxygen atoms in total. The summed E-state index contributed by atoms with van der Waals surface area (Å²) in [7, 11) is 0. The molecule has 122 valence electrons. The van der Waals surface area contributed by atoms with Crippen molar-refractivity contribution < 1.29 is 14.3 Å². The lowest BCUT2D eigenvalue weighted by molar-refractivity contribution is -0.127. The van der Waals surface area contributed by atoms with Crippen LogP contribution in [-0.4, -0.2) is 25.2 Å². The average molecular weight is 354 g/mol. The van der Waals surface area contributed by atoms with Gasteiger partial charge in [-0.05, 0) is 31.2 Å². The van der Waals surface area contributed by atoms with E-state index in [1.54, 1.807) is 43.3 Å². The molecule has 0 spiro atoms. The molecule has 0 heterocycles. The van der Waals surface area contributed by atoms with E-state index in [0.717, 1.165) is 0 Å². The molecule has 0 aromatic heterocycles. The van der Waals surface area contributed by atoms with Crippen LogP contribution in [0.3, 0.4) is 0 Å². The van der Waals surface area contributed by atoms with Gasteiger partial charge in [-0.3, -0.25) is 4.79 Å². The number of ether oxygens (including phenoxy) is 2. The summed E-state index contributed by atoms with van der Waals surface area (Å²) in [4.78, 5) is 12.0. The van der Waals surface area contributed by atoms with Crippen LogP contribution >= 0.6 is 23.2 Å². The fourth-order valence-corrected chi connectivity index (χ4v) is 2.20. The fraction of sp³-hybridized carbons (Fsp3) is 0.235. The molecule has 0 aliphatic heterocycles. The summed E-state index contributed by atoms with van der Waals surface area (Å²) in [6.07, 6.45) is -0.657. The van der Waals surface area contributed by atoms with Gasteiger partial charge < -0.3 is 14.8 Å². The molecule has 2 aromatic carbocycles. The Balaban J connectivity index is 1.74. The largest absolute Gasteiger partial charge is 0.490 e. The molecule has 0 aliphatic carbocycles. The zero-order chi connectivity index (χ0) is 16.7. The minimum absolute atomic E-state index is 0.243. The number of amides is 1. The van der Waals surface area contributed by atoms with Crippen LogP contribution in [-0.2, 0) is 4.79 Å². The molecule has 23 heavy (non-hydrogen) atoms. The van der Waals surface area contributed by atoms with E-state index in [1.165, 1.54) is 0 Å². The van der Waals surface area contributed by atoms with Crippen molar-refractivity contribution in [2.24, 2.45) is 0 Å². The molecule has 6 heteroatoms. The van der Waals surface area contributed by atoms with E-state index in [-0.39, 0.29) is 5.91 Å². The normalized spacial score (nSPS) is 11.6. The number of para-hydroxylation sites is 2. The Labute approximate surface area is 145 Å². The minimum atomic E-state index is -0.657. The summed E-state index contributed by atoms with van der Waals surface area (Å²) in [5.74, 6) is 0.820. The van der Waals surface area contributed by atoms with Crippen molar-refractivity contribution in [3.63, 3.8) is 0 Å². The predicted octanol–water partition coefficient (Wildman–Crippen LogP) is 3.96. The second-order valence-corrected chi connectivity index (χ2v) is 5.57. The zero-order valence-electron chi connectivity index (χ0n) is 12.6. The molecule has 1 amide bonds. The summed E-state index contributed by atoms with van der Waals surface area (Å²) in [5.41, 5.74) is 0. The first-order valence-corrected chi connectivity index (χ1v) is 7.89. The second-order valence-electron chi connectivity index (χ2n) is 4.76. The van der Waals surface area contributed by atoms with Crippen molar-refractivity contribution in [1.29, 1.82) is 0 Å². The van der Waals surface area contributed by atoms with Crippen molar-refractivity contribution in [3.8, 4) is 11.5 Å². The highest BCUT2D eigenvalue weighted by atomic mass is 35.5. The number of rotatable bonds is 7. The Kier molecular flexibility index (Phi) is 6.56. The maximum Gasteiger partial charge on any atom is 0.260 e. The van der Waals surface area contributed by atoms with Crippen LogP contribution in [0, 0.1) is 0 Å². The summed E-state index contributed by atoms with van der Waals surface area (Å²) in [5, 5.41) is 3.74. The van der Waals surface area contributed by atoms with E-state index in [1.807, 2.05) is 12.1 Å². The predicted molar refractivity (Wildman–Crippen MR) is 91.5 cm³/mol. The number of carbonyl (C=O) groups is 1. The molecule has 2 rings (SSSR count). The van der Waals surface area contributed by atoms with Crippen molar-refractivity contribution in [2.45, 2.75) is 13.0 Å². The second kappa shape index (κ2) is 8.65. The Bertz CT molecular complexity index is 664. The van der Waals surface area contributed by atoms with Crippen molar-refractivity contribution in [2.75, 3.05) is 13.2 Å². The molecule has 0 radical (unpaired) electrons. The summed E-state index contributed by atoms with van der Waals surface area (Å²) < 4.78 is 11.0. The average Bonchev–Trinajstić information content (AvgIpc) is 2.55. The van der Waals surface area contributed by atoms with Crippen LogP contribution in [0.1, 0.15) is 6.92 Å². The lowest BCUT2D eigenvalue weighted by Gasteiger charge is -2.15. The van der Waals surface area contributed by atoms with Crippen LogP contribution < -0.4 is 14.8 Å². The molecule has 1 N–H and O–H groups in total. The van der Waals surface area contributed by atoms with Crippen LogP contribution in [0.4, 0.5) is 0 Å². The van der Waals surface area contributed by atoms with Gasteiger partial charge in [0.05, 0.1) is 16.6 Å². The van der Waals surface area contributed by atoms with Gasteiger partial charge in [-0.1, -0.05) is 47.5 Å². The van der Waals surface area contributed by atoms with Gasteiger partial charge in [0.15, 0.2) is 6.10 Å². The van der Waals surface area contributed by atoms with Crippen molar-refractivity contribution >= 4 is 29.1 Å². The van der Waals surface area contributed by atoms with Gasteiger partial charge in [-0.2, -0.15) is 0 Å². The monoisotopic (exact) mass is 353 g/mol. The van der Waals surface area contributed by atoms with Crippen LogP contribution in [0.25, 0.3) is 0 Å². The first-order chi connectivity index (χ1) is 11.1. The molecule has 0 fully saturated rings. The van der Waals surface area contributed by atoms with E-state index in [2.05, 4.69) is 5.32 Å². The van der Waals surface area contributed by atoms with Crippen LogP contribution in [0.5, 0.6) is 11.5 Å². The SMILES string of the molecule is C[C@H](Oc1ccccc1Cl)C(=O)NCCOc1ccccc1Cl. The fourth-order valence-electron chi connectivity index (χ4n) is 1.83. The Hall–Kier alpha value is -1.91. The van der Waals surface area contributed by atoms with E-state index < -0.39 is 6.10 Å². The third kappa shape index (κ3) is 5.34. The lowest BCUT2D eigenvalue weighted by atomic mass is 10.3. The molecule has 0 saturated heterocycles. The number of benzene rings is 2. The zero-order valence-corrected chi connectivity index (χ0v) is 14.1. The maximum absolute atomic E-state index is 12.0. The number of carbonyl (C=O) groups excluding carboxylic acids is 1. The molecule has 0 unspecified atom stereocenters. The molecule has 0 aliphatic rings. The van der Waals surface area contributed by atoms with E-state index >= 15 is 0 Å². The topological polar surface area (TPSA) is 47.6 Å². The van der Waals surface area contributed by atoms with Gasteiger partial charge in [0.1, 0.15) is 18.1 Å². The Morgan fingerprint density at radius 3 is 2.22 bits per heavy atom. The van der Waals surface area contributed by atoms with E-state index in [0.29, 0.717) is 34.7 Å². The van der Waals surface area contributed by atoms with E-state index in [4.69, 9.17) is 32.7 Å². The number of hydrogen-bond acceptors (Lipinski definition) is 3. The molecular formula is C17H17Cl2NO3. The van der Waals surface area contributed by atoms with Crippen LogP contribution in [0.15, 0.2) is 48.5 Å². The summed E-state index contributed by atoms with van der Waals surface area (Å²) in [6, 6.07) is 14.2. The highest BCUT2D eigenvalue weighted by Crippen LogP contribution is 2.24. The maximum atomic E-state index is 12.0. The number of hydrogen-bond donors (Lipinski definition) is 1. The molecule has 0 saturated carbocycles. The Morgan fingerprint density at radius 2 is 1.61 bits per heavy atom. The number of nitrogens with one attached hydrogen (secondary N) is 1. The molecular weight excluding hydrogens is 337 g/mol. The molecule has 1 atom stereocenters.